The first-order valence-electron chi connectivity index (χ1n) is 8.45. The fraction of sp³-hybridized carbons (Fsp3) is 0.611. The third-order valence-electron chi connectivity index (χ3n) is 4.82. The molecule has 1 aliphatic heterocycles. The van der Waals surface area contributed by atoms with E-state index in [0.29, 0.717) is 6.54 Å². The molecule has 4 nitrogen and oxygen atoms in total. The van der Waals surface area contributed by atoms with Crippen molar-refractivity contribution in [3.8, 4) is 0 Å². The molecule has 22 heavy (non-hydrogen) atoms. The Balaban J connectivity index is 1.85. The SMILES string of the molecule is CC[C@@H](C)NC(=O)C[NH+]1CCN(c2cccc(C)c2C)CC1. The second-order valence-electron chi connectivity index (χ2n) is 6.51. The summed E-state index contributed by atoms with van der Waals surface area (Å²) in [4.78, 5) is 15.8. The highest BCUT2D eigenvalue weighted by molar-refractivity contribution is 5.77. The van der Waals surface area contributed by atoms with Crippen molar-refractivity contribution in [3.05, 3.63) is 29.3 Å². The maximum atomic E-state index is 12.0. The Labute approximate surface area is 134 Å². The van der Waals surface area contributed by atoms with Gasteiger partial charge in [0.2, 0.25) is 0 Å². The van der Waals surface area contributed by atoms with Crippen molar-refractivity contribution >= 4 is 11.6 Å². The molecule has 2 N–H and O–H groups in total. The summed E-state index contributed by atoms with van der Waals surface area (Å²) in [6.45, 7) is 13.2. The summed E-state index contributed by atoms with van der Waals surface area (Å²) in [7, 11) is 0. The lowest BCUT2D eigenvalue weighted by Gasteiger charge is -2.34. The highest BCUT2D eigenvalue weighted by Gasteiger charge is 2.23. The number of carbonyl (C=O) groups excluding carboxylic acids is 1. The van der Waals surface area contributed by atoms with Gasteiger partial charge in [-0.3, -0.25) is 4.79 Å². The van der Waals surface area contributed by atoms with Crippen molar-refractivity contribution in [1.82, 2.24) is 5.32 Å². The minimum absolute atomic E-state index is 0.185. The lowest BCUT2D eigenvalue weighted by Crippen LogP contribution is -3.16. The van der Waals surface area contributed by atoms with Gasteiger partial charge in [0.25, 0.3) is 5.91 Å². The first kappa shape index (κ1) is 16.8. The van der Waals surface area contributed by atoms with E-state index in [4.69, 9.17) is 0 Å². The molecule has 1 amide bonds. The predicted molar refractivity (Wildman–Crippen MR) is 91.6 cm³/mol. The van der Waals surface area contributed by atoms with Gasteiger partial charge in [0.1, 0.15) is 0 Å². The van der Waals surface area contributed by atoms with Crippen LogP contribution in [0.3, 0.4) is 0 Å². The number of nitrogens with zero attached hydrogens (tertiary/aromatic N) is 1. The van der Waals surface area contributed by atoms with Crippen LogP contribution < -0.4 is 15.1 Å². The van der Waals surface area contributed by atoms with Crippen LogP contribution in [0, 0.1) is 13.8 Å². The van der Waals surface area contributed by atoms with Crippen molar-refractivity contribution < 1.29 is 9.69 Å². The van der Waals surface area contributed by atoms with Gasteiger partial charge >= 0.3 is 0 Å². The number of carbonyl (C=O) groups is 1. The van der Waals surface area contributed by atoms with Gasteiger partial charge in [0.15, 0.2) is 6.54 Å². The van der Waals surface area contributed by atoms with Crippen molar-refractivity contribution in [2.75, 3.05) is 37.6 Å². The number of aryl methyl sites for hydroxylation is 1. The highest BCUT2D eigenvalue weighted by atomic mass is 16.2. The summed E-state index contributed by atoms with van der Waals surface area (Å²) in [5.74, 6) is 0.185. The molecule has 4 heteroatoms. The van der Waals surface area contributed by atoms with E-state index in [1.54, 1.807) is 0 Å². The Morgan fingerprint density at radius 2 is 2.00 bits per heavy atom. The smallest absolute Gasteiger partial charge is 0.275 e. The van der Waals surface area contributed by atoms with E-state index >= 15 is 0 Å². The van der Waals surface area contributed by atoms with Crippen LogP contribution in [0.5, 0.6) is 0 Å². The molecule has 0 aromatic heterocycles. The summed E-state index contributed by atoms with van der Waals surface area (Å²) in [5.41, 5.74) is 4.07. The molecule has 2 rings (SSSR count). The van der Waals surface area contributed by atoms with Gasteiger partial charge in [-0.05, 0) is 44.4 Å². The highest BCUT2D eigenvalue weighted by Crippen LogP contribution is 2.22. The van der Waals surface area contributed by atoms with Gasteiger partial charge in [-0.25, -0.2) is 0 Å². The topological polar surface area (TPSA) is 36.8 Å². The number of rotatable bonds is 5. The van der Waals surface area contributed by atoms with E-state index in [9.17, 15) is 4.79 Å². The normalized spacial score (nSPS) is 17.4. The first-order chi connectivity index (χ1) is 10.5. The first-order valence-corrected chi connectivity index (χ1v) is 8.45. The number of benzene rings is 1. The quantitative estimate of drug-likeness (QED) is 0.849. The number of hydrogen-bond donors (Lipinski definition) is 2. The van der Waals surface area contributed by atoms with Crippen LogP contribution in [-0.2, 0) is 4.79 Å². The van der Waals surface area contributed by atoms with Crippen LogP contribution in [-0.4, -0.2) is 44.7 Å². The lowest BCUT2D eigenvalue weighted by atomic mass is 10.1. The van der Waals surface area contributed by atoms with E-state index in [1.807, 2.05) is 0 Å². The van der Waals surface area contributed by atoms with Crippen molar-refractivity contribution in [3.63, 3.8) is 0 Å². The third kappa shape index (κ3) is 4.23. The molecule has 1 atom stereocenters. The van der Waals surface area contributed by atoms with Crippen LogP contribution in [0.15, 0.2) is 18.2 Å². The minimum atomic E-state index is 0.185. The Morgan fingerprint density at radius 3 is 2.64 bits per heavy atom. The summed E-state index contributed by atoms with van der Waals surface area (Å²) < 4.78 is 0. The molecule has 0 unspecified atom stereocenters. The van der Waals surface area contributed by atoms with Crippen LogP contribution in [0.2, 0.25) is 0 Å². The van der Waals surface area contributed by atoms with Crippen LogP contribution in [0.4, 0.5) is 5.69 Å². The van der Waals surface area contributed by atoms with Gasteiger partial charge in [-0.2, -0.15) is 0 Å². The zero-order chi connectivity index (χ0) is 16.1. The van der Waals surface area contributed by atoms with E-state index in [1.165, 1.54) is 21.7 Å². The van der Waals surface area contributed by atoms with E-state index < -0.39 is 0 Å². The van der Waals surface area contributed by atoms with Crippen LogP contribution in [0.1, 0.15) is 31.4 Å². The monoisotopic (exact) mass is 304 g/mol. The number of piperazine rings is 1. The summed E-state index contributed by atoms with van der Waals surface area (Å²) >= 11 is 0. The molecule has 1 saturated heterocycles. The lowest BCUT2D eigenvalue weighted by molar-refractivity contribution is -0.892. The number of quaternary nitrogens is 1. The Hall–Kier alpha value is -1.55. The number of hydrogen-bond acceptors (Lipinski definition) is 2. The molecule has 1 aromatic rings. The molecule has 0 radical (unpaired) electrons. The van der Waals surface area contributed by atoms with Crippen molar-refractivity contribution in [1.29, 1.82) is 0 Å². The molecule has 1 aliphatic rings. The molecule has 0 aliphatic carbocycles. The molecular weight excluding hydrogens is 274 g/mol. The van der Waals surface area contributed by atoms with Gasteiger partial charge in [0.05, 0.1) is 26.2 Å². The fourth-order valence-electron chi connectivity index (χ4n) is 2.97. The Bertz CT molecular complexity index is 507. The van der Waals surface area contributed by atoms with Crippen LogP contribution >= 0.6 is 0 Å². The molecule has 122 valence electrons. The second kappa shape index (κ2) is 7.63. The van der Waals surface area contributed by atoms with Gasteiger partial charge < -0.3 is 15.1 Å². The molecule has 1 heterocycles. The van der Waals surface area contributed by atoms with E-state index in [0.717, 1.165) is 32.6 Å². The van der Waals surface area contributed by atoms with E-state index in [2.05, 4.69) is 56.1 Å². The van der Waals surface area contributed by atoms with Gasteiger partial charge in [0, 0.05) is 11.7 Å². The third-order valence-corrected chi connectivity index (χ3v) is 4.82. The second-order valence-corrected chi connectivity index (χ2v) is 6.51. The summed E-state index contributed by atoms with van der Waals surface area (Å²) in [5, 5.41) is 3.06. The number of nitrogens with one attached hydrogen (secondary N) is 2. The number of anilines is 1. The molecule has 0 spiro atoms. The summed E-state index contributed by atoms with van der Waals surface area (Å²) in [6.07, 6.45) is 0.988. The van der Waals surface area contributed by atoms with Gasteiger partial charge in [-0.1, -0.05) is 19.1 Å². The average Bonchev–Trinajstić information content (AvgIpc) is 2.50. The predicted octanol–water partition coefficient (Wildman–Crippen LogP) is 0.923. The van der Waals surface area contributed by atoms with Crippen LogP contribution in [0.25, 0.3) is 0 Å². The summed E-state index contributed by atoms with van der Waals surface area (Å²) in [6, 6.07) is 6.79. The Morgan fingerprint density at radius 1 is 1.32 bits per heavy atom. The molecular formula is C18H30N3O+. The largest absolute Gasteiger partial charge is 0.360 e. The maximum Gasteiger partial charge on any atom is 0.275 e. The van der Waals surface area contributed by atoms with Crippen molar-refractivity contribution in [2.24, 2.45) is 0 Å². The maximum absolute atomic E-state index is 12.0. The number of amides is 1. The fourth-order valence-corrected chi connectivity index (χ4v) is 2.97. The standard InChI is InChI=1S/C18H29N3O/c1-5-15(3)19-18(22)13-20-9-11-21(12-10-20)17-8-6-7-14(2)16(17)4/h6-8,15H,5,9-13H2,1-4H3,(H,19,22)/p+1/t15-/m1/s1. The zero-order valence-corrected chi connectivity index (χ0v) is 14.4. The minimum Gasteiger partial charge on any atom is -0.360 e. The Kier molecular flexibility index (Phi) is 5.83. The molecule has 1 fully saturated rings. The zero-order valence-electron chi connectivity index (χ0n) is 14.4. The molecule has 0 bridgehead atoms. The van der Waals surface area contributed by atoms with Gasteiger partial charge in [-0.15, -0.1) is 0 Å². The molecule has 0 saturated carbocycles. The van der Waals surface area contributed by atoms with Crippen molar-refractivity contribution in [2.45, 2.75) is 40.2 Å². The van der Waals surface area contributed by atoms with E-state index in [-0.39, 0.29) is 11.9 Å². The molecule has 1 aromatic carbocycles. The average molecular weight is 304 g/mol.